The normalized spacial score (nSPS) is 19.4. The van der Waals surface area contributed by atoms with Crippen LogP contribution in [0.4, 0.5) is 30.6 Å². The SMILES string of the molecule is C.CO/N=C1\CCCC[C@H]1N(Cc1ccccc1)c1nc(Nc2ccc(C(=O)NC3CCCN(C)C3)cc2OC)ncc1C(F)(F)F. The molecule has 2 N–H and O–H groups in total. The summed E-state index contributed by atoms with van der Waals surface area (Å²) in [5, 5.41) is 10.3. The number of piperidine rings is 1. The summed E-state index contributed by atoms with van der Waals surface area (Å²) < 4.78 is 49.1. The van der Waals surface area contributed by atoms with Crippen LogP contribution < -0.4 is 20.3 Å². The molecule has 2 aromatic carbocycles. The third-order valence-corrected chi connectivity index (χ3v) is 8.34. The first-order valence-electron chi connectivity index (χ1n) is 15.5. The molecular weight excluding hydrogens is 611 g/mol. The molecule has 47 heavy (non-hydrogen) atoms. The first-order chi connectivity index (χ1) is 22.2. The van der Waals surface area contributed by atoms with E-state index in [1.165, 1.54) is 14.2 Å². The van der Waals surface area contributed by atoms with Crippen molar-refractivity contribution >= 4 is 29.1 Å². The molecular formula is C34H44F3N7O3. The molecule has 2 aliphatic rings. The summed E-state index contributed by atoms with van der Waals surface area (Å²) in [7, 11) is 4.92. The quantitative estimate of drug-likeness (QED) is 0.234. The highest BCUT2D eigenvalue weighted by Gasteiger charge is 2.40. The van der Waals surface area contributed by atoms with Crippen LogP contribution in [0.25, 0.3) is 0 Å². The van der Waals surface area contributed by atoms with Gasteiger partial charge in [0.05, 0.1) is 24.6 Å². The highest BCUT2D eigenvalue weighted by molar-refractivity contribution is 5.95. The number of rotatable bonds is 10. The third kappa shape index (κ3) is 8.91. The molecule has 1 saturated carbocycles. The van der Waals surface area contributed by atoms with Crippen LogP contribution in [0.1, 0.15) is 67.4 Å². The molecule has 1 aliphatic heterocycles. The predicted molar refractivity (Wildman–Crippen MR) is 177 cm³/mol. The molecule has 0 radical (unpaired) electrons. The minimum Gasteiger partial charge on any atom is -0.495 e. The molecule has 2 fully saturated rings. The summed E-state index contributed by atoms with van der Waals surface area (Å²) in [5.74, 6) is -0.225. The van der Waals surface area contributed by atoms with E-state index in [9.17, 15) is 18.0 Å². The van der Waals surface area contributed by atoms with E-state index in [2.05, 4.69) is 30.7 Å². The van der Waals surface area contributed by atoms with Crippen LogP contribution in [0.5, 0.6) is 5.75 Å². The highest BCUT2D eigenvalue weighted by Crippen LogP contribution is 2.39. The number of likely N-dealkylation sites (tertiary alicyclic amines) is 1. The van der Waals surface area contributed by atoms with E-state index >= 15 is 0 Å². The maximum Gasteiger partial charge on any atom is 0.421 e. The molecule has 0 spiro atoms. The molecule has 5 rings (SSSR count). The first-order valence-corrected chi connectivity index (χ1v) is 15.5. The number of benzene rings is 2. The Morgan fingerprint density at radius 2 is 1.89 bits per heavy atom. The number of carbonyl (C=O) groups is 1. The van der Waals surface area contributed by atoms with Gasteiger partial charge in [0.15, 0.2) is 0 Å². The third-order valence-electron chi connectivity index (χ3n) is 8.34. The fourth-order valence-electron chi connectivity index (χ4n) is 6.11. The second kappa shape index (κ2) is 15.9. The Kier molecular flexibility index (Phi) is 12.0. The molecule has 1 unspecified atom stereocenters. The Bertz CT molecular complexity index is 1520. The summed E-state index contributed by atoms with van der Waals surface area (Å²) in [6.45, 7) is 1.94. The van der Waals surface area contributed by atoms with Gasteiger partial charge in [0.2, 0.25) is 5.95 Å². The monoisotopic (exact) mass is 655 g/mol. The topological polar surface area (TPSA) is 104 Å². The van der Waals surface area contributed by atoms with E-state index in [4.69, 9.17) is 9.57 Å². The Morgan fingerprint density at radius 3 is 2.60 bits per heavy atom. The van der Waals surface area contributed by atoms with Crippen LogP contribution in [0.3, 0.4) is 0 Å². The van der Waals surface area contributed by atoms with Crippen molar-refractivity contribution in [2.45, 2.75) is 70.8 Å². The van der Waals surface area contributed by atoms with Gasteiger partial charge in [-0.05, 0) is 69.5 Å². The number of oxime groups is 1. The molecule has 3 aromatic rings. The zero-order chi connectivity index (χ0) is 32.7. The molecule has 13 heteroatoms. The predicted octanol–water partition coefficient (Wildman–Crippen LogP) is 6.66. The van der Waals surface area contributed by atoms with Gasteiger partial charge in [-0.3, -0.25) is 4.79 Å². The number of nitrogens with zero attached hydrogens (tertiary/aromatic N) is 5. The smallest absolute Gasteiger partial charge is 0.421 e. The number of anilines is 3. The molecule has 0 bridgehead atoms. The summed E-state index contributed by atoms with van der Waals surface area (Å²) >= 11 is 0. The molecule has 2 atom stereocenters. The number of amides is 1. The molecule has 254 valence electrons. The summed E-state index contributed by atoms with van der Waals surface area (Å²) in [5.41, 5.74) is 1.34. The van der Waals surface area contributed by atoms with Gasteiger partial charge in [0.1, 0.15) is 24.2 Å². The van der Waals surface area contributed by atoms with Gasteiger partial charge in [0.25, 0.3) is 5.91 Å². The van der Waals surface area contributed by atoms with Gasteiger partial charge in [-0.2, -0.15) is 18.2 Å². The molecule has 1 amide bonds. The standard InChI is InChI=1S/C33H40F3N7O3.CH4/c1-42-17-9-12-24(21-42)38-31(44)23-15-16-27(29(18-23)45-2)39-32-37-19-25(33(34,35)36)30(40-32)43(20-22-10-5-4-6-11-22)28-14-8-7-13-26(28)41-46-3;/h4-6,10-11,15-16,18-19,24,28H,7-9,12-14,17,20-21H2,1-3H3,(H,38,44)(H,37,39,40);1H4/b41-26+;/t24?,28-;/m1./s1. The number of carbonyl (C=O) groups excluding carboxylic acids is 1. The summed E-state index contributed by atoms with van der Waals surface area (Å²) in [6.07, 6.45) is 0.887. The number of methoxy groups -OCH3 is 1. The number of nitrogens with one attached hydrogen (secondary N) is 2. The van der Waals surface area contributed by atoms with Crippen LogP contribution in [0, 0.1) is 0 Å². The maximum atomic E-state index is 14.5. The van der Waals surface area contributed by atoms with Gasteiger partial charge in [0, 0.05) is 30.9 Å². The van der Waals surface area contributed by atoms with Gasteiger partial charge in [-0.15, -0.1) is 0 Å². The van der Waals surface area contributed by atoms with E-state index in [-0.39, 0.29) is 37.7 Å². The van der Waals surface area contributed by atoms with E-state index in [0.717, 1.165) is 50.5 Å². The van der Waals surface area contributed by atoms with Crippen molar-refractivity contribution in [2.24, 2.45) is 5.16 Å². The van der Waals surface area contributed by atoms with Gasteiger partial charge in [-0.25, -0.2) is 4.98 Å². The van der Waals surface area contributed by atoms with E-state index in [1.54, 1.807) is 23.1 Å². The lowest BCUT2D eigenvalue weighted by Gasteiger charge is -2.37. The first kappa shape index (κ1) is 35.5. The van der Waals surface area contributed by atoms with Crippen LogP contribution in [-0.2, 0) is 17.6 Å². The summed E-state index contributed by atoms with van der Waals surface area (Å²) in [4.78, 5) is 30.5. The molecule has 2 heterocycles. The fraction of sp³-hybridized carbons (Fsp3) is 0.471. The average molecular weight is 656 g/mol. The number of halogens is 3. The lowest BCUT2D eigenvalue weighted by Crippen LogP contribution is -2.46. The minimum atomic E-state index is -4.71. The van der Waals surface area contributed by atoms with Crippen LogP contribution in [0.15, 0.2) is 59.9 Å². The zero-order valence-corrected chi connectivity index (χ0v) is 26.3. The van der Waals surface area contributed by atoms with Crippen molar-refractivity contribution < 1.29 is 27.5 Å². The van der Waals surface area contributed by atoms with E-state index in [0.29, 0.717) is 35.6 Å². The van der Waals surface area contributed by atoms with Crippen LogP contribution >= 0.6 is 0 Å². The van der Waals surface area contributed by atoms with Crippen LogP contribution in [0.2, 0.25) is 0 Å². The van der Waals surface area contributed by atoms with Crippen molar-refractivity contribution in [3.8, 4) is 5.75 Å². The highest BCUT2D eigenvalue weighted by atomic mass is 19.4. The number of likely N-dealkylation sites (N-methyl/N-ethyl adjacent to an activating group) is 1. The average Bonchev–Trinajstić information content (AvgIpc) is 3.04. The lowest BCUT2D eigenvalue weighted by molar-refractivity contribution is -0.137. The van der Waals surface area contributed by atoms with Crippen LogP contribution in [-0.4, -0.2) is 72.9 Å². The van der Waals surface area contributed by atoms with Crippen molar-refractivity contribution in [1.82, 2.24) is 20.2 Å². The Hall–Kier alpha value is -4.39. The second-order valence-corrected chi connectivity index (χ2v) is 11.7. The number of hydrogen-bond donors (Lipinski definition) is 2. The molecule has 1 aliphatic carbocycles. The number of hydrogen-bond acceptors (Lipinski definition) is 9. The molecule has 1 aromatic heterocycles. The zero-order valence-electron chi connectivity index (χ0n) is 26.3. The maximum absolute atomic E-state index is 14.5. The van der Waals surface area contributed by atoms with E-state index in [1.807, 2.05) is 37.4 Å². The second-order valence-electron chi connectivity index (χ2n) is 11.7. The van der Waals surface area contributed by atoms with E-state index < -0.39 is 17.8 Å². The largest absolute Gasteiger partial charge is 0.495 e. The lowest BCUT2D eigenvalue weighted by atomic mass is 9.91. The Morgan fingerprint density at radius 1 is 1.11 bits per heavy atom. The Labute approximate surface area is 274 Å². The summed E-state index contributed by atoms with van der Waals surface area (Å²) in [6, 6.07) is 13.7. The van der Waals surface area contributed by atoms with Crippen molar-refractivity contribution in [2.75, 3.05) is 44.6 Å². The molecule has 10 nitrogen and oxygen atoms in total. The van der Waals surface area contributed by atoms with Crippen molar-refractivity contribution in [3.63, 3.8) is 0 Å². The van der Waals surface area contributed by atoms with Crippen molar-refractivity contribution in [3.05, 3.63) is 71.4 Å². The van der Waals surface area contributed by atoms with Crippen molar-refractivity contribution in [1.29, 1.82) is 0 Å². The Balaban J connectivity index is 0.00000500. The number of ether oxygens (including phenoxy) is 1. The van der Waals surface area contributed by atoms with Gasteiger partial charge in [-0.1, -0.05) is 49.3 Å². The fourth-order valence-corrected chi connectivity index (χ4v) is 6.11. The van der Waals surface area contributed by atoms with Gasteiger partial charge < -0.3 is 30.0 Å². The number of alkyl halides is 3. The minimum absolute atomic E-state index is 0. The van der Waals surface area contributed by atoms with Gasteiger partial charge >= 0.3 is 6.18 Å². The molecule has 1 saturated heterocycles. The number of aromatic nitrogens is 2.